The van der Waals surface area contributed by atoms with Gasteiger partial charge >= 0.3 is 11.8 Å². The van der Waals surface area contributed by atoms with Crippen molar-refractivity contribution >= 4 is 17.5 Å². The Hall–Kier alpha value is -2.88. The van der Waals surface area contributed by atoms with Crippen molar-refractivity contribution in [2.45, 2.75) is 6.04 Å². The third kappa shape index (κ3) is 6.56. The summed E-state index contributed by atoms with van der Waals surface area (Å²) in [6, 6.07) is 14.0. The van der Waals surface area contributed by atoms with Crippen molar-refractivity contribution in [2.24, 2.45) is 0 Å². The van der Waals surface area contributed by atoms with Crippen LogP contribution in [0.1, 0.15) is 11.8 Å². The van der Waals surface area contributed by atoms with Gasteiger partial charge in [-0.2, -0.15) is 0 Å². The van der Waals surface area contributed by atoms with Crippen molar-refractivity contribution in [2.75, 3.05) is 77.0 Å². The van der Waals surface area contributed by atoms with Crippen molar-refractivity contribution in [3.63, 3.8) is 0 Å². The van der Waals surface area contributed by atoms with E-state index in [4.69, 9.17) is 9.15 Å². The zero-order valence-electron chi connectivity index (χ0n) is 18.9. The predicted octanol–water partition coefficient (Wildman–Crippen LogP) is 0.708. The summed E-state index contributed by atoms with van der Waals surface area (Å²) in [7, 11) is 0. The zero-order chi connectivity index (χ0) is 22.9. The maximum Gasteiger partial charge on any atom is 0.309 e. The van der Waals surface area contributed by atoms with E-state index in [0.717, 1.165) is 45.0 Å². The largest absolute Gasteiger partial charge is 0.468 e. The van der Waals surface area contributed by atoms with Gasteiger partial charge in [0.05, 0.1) is 25.5 Å². The number of rotatable bonds is 8. The van der Waals surface area contributed by atoms with Crippen LogP contribution in [0.3, 0.4) is 0 Å². The minimum Gasteiger partial charge on any atom is -0.468 e. The summed E-state index contributed by atoms with van der Waals surface area (Å²) in [5.41, 5.74) is 1.22. The lowest BCUT2D eigenvalue weighted by Gasteiger charge is -2.39. The number of nitrogens with zero attached hydrogens (tertiary/aromatic N) is 3. The van der Waals surface area contributed by atoms with Gasteiger partial charge in [0.1, 0.15) is 5.76 Å². The van der Waals surface area contributed by atoms with Crippen LogP contribution in [0.5, 0.6) is 0 Å². The smallest absolute Gasteiger partial charge is 0.309 e. The molecule has 0 aliphatic carbocycles. The maximum atomic E-state index is 12.4. The first-order chi connectivity index (χ1) is 16.2. The summed E-state index contributed by atoms with van der Waals surface area (Å²) < 4.78 is 11.0. The highest BCUT2D eigenvalue weighted by molar-refractivity contribution is 6.35. The fourth-order valence-corrected chi connectivity index (χ4v) is 4.32. The first kappa shape index (κ1) is 23.3. The fourth-order valence-electron chi connectivity index (χ4n) is 4.32. The van der Waals surface area contributed by atoms with Crippen molar-refractivity contribution in [1.29, 1.82) is 0 Å². The van der Waals surface area contributed by atoms with Gasteiger partial charge in [0.2, 0.25) is 0 Å². The first-order valence-corrected chi connectivity index (χ1v) is 11.6. The quantitative estimate of drug-likeness (QED) is 0.567. The minimum atomic E-state index is -0.614. The second kappa shape index (κ2) is 11.8. The predicted molar refractivity (Wildman–Crippen MR) is 125 cm³/mol. The van der Waals surface area contributed by atoms with Gasteiger partial charge in [-0.15, -0.1) is 0 Å². The van der Waals surface area contributed by atoms with Gasteiger partial charge in [-0.1, -0.05) is 18.2 Å². The maximum absolute atomic E-state index is 12.4. The van der Waals surface area contributed by atoms with Gasteiger partial charge in [0, 0.05) is 64.6 Å². The molecule has 2 aromatic rings. The van der Waals surface area contributed by atoms with E-state index in [1.165, 1.54) is 5.69 Å². The van der Waals surface area contributed by atoms with Crippen LogP contribution in [-0.2, 0) is 14.3 Å². The lowest BCUT2D eigenvalue weighted by atomic mass is 10.1. The molecule has 0 bridgehead atoms. The number of carbonyl (C=O) groups excluding carboxylic acids is 2. The Labute approximate surface area is 194 Å². The van der Waals surface area contributed by atoms with Gasteiger partial charge in [-0.3, -0.25) is 19.4 Å². The molecule has 2 amide bonds. The lowest BCUT2D eigenvalue weighted by Crippen LogP contribution is -2.51. The summed E-state index contributed by atoms with van der Waals surface area (Å²) in [5.74, 6) is -0.428. The van der Waals surface area contributed by atoms with Crippen molar-refractivity contribution < 1.29 is 18.7 Å². The summed E-state index contributed by atoms with van der Waals surface area (Å²) in [5, 5.41) is 5.51. The Morgan fingerprint density at radius 2 is 1.61 bits per heavy atom. The van der Waals surface area contributed by atoms with E-state index in [1.54, 1.807) is 6.26 Å². The average molecular weight is 456 g/mol. The van der Waals surface area contributed by atoms with Gasteiger partial charge < -0.3 is 24.7 Å². The Morgan fingerprint density at radius 3 is 2.30 bits per heavy atom. The molecule has 9 heteroatoms. The number of amides is 2. The van der Waals surface area contributed by atoms with Crippen molar-refractivity contribution in [3.05, 3.63) is 54.5 Å². The van der Waals surface area contributed by atoms with Crippen LogP contribution in [0.25, 0.3) is 0 Å². The second-order valence-electron chi connectivity index (χ2n) is 8.31. The van der Waals surface area contributed by atoms with E-state index in [9.17, 15) is 9.59 Å². The number of para-hydroxylation sites is 1. The van der Waals surface area contributed by atoms with Crippen LogP contribution >= 0.6 is 0 Å². The van der Waals surface area contributed by atoms with E-state index in [-0.39, 0.29) is 6.04 Å². The van der Waals surface area contributed by atoms with Gasteiger partial charge in [-0.25, -0.2) is 0 Å². The summed E-state index contributed by atoms with van der Waals surface area (Å²) in [4.78, 5) is 31.5. The molecule has 1 aromatic carbocycles. The molecule has 0 radical (unpaired) electrons. The third-order valence-corrected chi connectivity index (χ3v) is 6.23. The van der Waals surface area contributed by atoms with Crippen LogP contribution in [0.4, 0.5) is 5.69 Å². The molecule has 2 fully saturated rings. The number of morpholine rings is 1. The van der Waals surface area contributed by atoms with Crippen molar-refractivity contribution in [3.8, 4) is 0 Å². The zero-order valence-corrected chi connectivity index (χ0v) is 18.9. The third-order valence-electron chi connectivity index (χ3n) is 6.23. The Morgan fingerprint density at radius 1 is 0.879 bits per heavy atom. The number of hydrogen-bond acceptors (Lipinski definition) is 7. The van der Waals surface area contributed by atoms with E-state index in [0.29, 0.717) is 32.8 Å². The number of hydrogen-bond donors (Lipinski definition) is 2. The minimum absolute atomic E-state index is 0.122. The Balaban J connectivity index is 1.25. The molecule has 0 saturated carbocycles. The number of piperazine rings is 1. The molecule has 178 valence electrons. The molecule has 9 nitrogen and oxygen atoms in total. The number of carbonyl (C=O) groups is 2. The number of anilines is 1. The highest BCUT2D eigenvalue weighted by Crippen LogP contribution is 2.24. The molecule has 1 aromatic heterocycles. The molecular weight excluding hydrogens is 422 g/mol. The SMILES string of the molecule is O=C(NCCN1CCOCC1)C(=O)NC[C@H](c1ccco1)N1CCN(c2ccccc2)CC1. The fraction of sp³-hybridized carbons (Fsp3) is 0.500. The van der Waals surface area contributed by atoms with E-state index in [1.807, 2.05) is 18.2 Å². The second-order valence-corrected chi connectivity index (χ2v) is 8.31. The molecule has 0 unspecified atom stereocenters. The van der Waals surface area contributed by atoms with Gasteiger partial charge in [0.25, 0.3) is 0 Å². The molecule has 2 saturated heterocycles. The summed E-state index contributed by atoms with van der Waals surface area (Å²) in [6.45, 7) is 8.03. The van der Waals surface area contributed by atoms with Crippen molar-refractivity contribution in [1.82, 2.24) is 20.4 Å². The average Bonchev–Trinajstić information content (AvgIpc) is 3.40. The molecule has 4 rings (SSSR count). The number of ether oxygens (including phenoxy) is 1. The molecule has 2 aliphatic rings. The Kier molecular flexibility index (Phi) is 8.35. The highest BCUT2D eigenvalue weighted by atomic mass is 16.5. The van der Waals surface area contributed by atoms with E-state index < -0.39 is 11.8 Å². The van der Waals surface area contributed by atoms with Crippen LogP contribution in [0.15, 0.2) is 53.1 Å². The van der Waals surface area contributed by atoms with Crippen LogP contribution in [0, 0.1) is 0 Å². The van der Waals surface area contributed by atoms with E-state index >= 15 is 0 Å². The molecule has 3 heterocycles. The molecule has 0 spiro atoms. The van der Waals surface area contributed by atoms with Crippen LogP contribution < -0.4 is 15.5 Å². The van der Waals surface area contributed by atoms with Gasteiger partial charge in [0.15, 0.2) is 0 Å². The summed E-state index contributed by atoms with van der Waals surface area (Å²) >= 11 is 0. The van der Waals surface area contributed by atoms with E-state index in [2.05, 4.69) is 49.6 Å². The number of nitrogens with one attached hydrogen (secondary N) is 2. The molecular formula is C24H33N5O4. The molecule has 2 aliphatic heterocycles. The number of furan rings is 1. The molecule has 1 atom stereocenters. The standard InChI is InChI=1S/C24H33N5O4/c30-23(25-8-9-27-14-17-32-18-15-27)24(31)26-19-21(22-7-4-16-33-22)29-12-10-28(11-13-29)20-5-2-1-3-6-20/h1-7,16,21H,8-15,17-19H2,(H,25,30)(H,26,31)/t21-/m1/s1. The van der Waals surface area contributed by atoms with Gasteiger partial charge in [-0.05, 0) is 24.3 Å². The highest BCUT2D eigenvalue weighted by Gasteiger charge is 2.28. The topological polar surface area (TPSA) is 90.3 Å². The first-order valence-electron chi connectivity index (χ1n) is 11.6. The van der Waals surface area contributed by atoms with Crippen LogP contribution in [-0.4, -0.2) is 93.7 Å². The van der Waals surface area contributed by atoms with Crippen LogP contribution in [0.2, 0.25) is 0 Å². The monoisotopic (exact) mass is 455 g/mol. The lowest BCUT2D eigenvalue weighted by molar-refractivity contribution is -0.139. The normalized spacial score (nSPS) is 18.6. The molecule has 33 heavy (non-hydrogen) atoms. The molecule has 2 N–H and O–H groups in total. The Bertz CT molecular complexity index is 862. The number of benzene rings is 1. The summed E-state index contributed by atoms with van der Waals surface area (Å²) in [6.07, 6.45) is 1.64.